The summed E-state index contributed by atoms with van der Waals surface area (Å²) in [4.78, 5) is 12.8. The van der Waals surface area contributed by atoms with Gasteiger partial charge in [0, 0.05) is 4.90 Å². The summed E-state index contributed by atoms with van der Waals surface area (Å²) >= 11 is 1.06. The first kappa shape index (κ1) is 21.0. The van der Waals surface area contributed by atoms with E-state index in [0.717, 1.165) is 40.8 Å². The molecule has 1 amide bonds. The molecule has 0 saturated heterocycles. The minimum absolute atomic E-state index is 0.00407. The molecule has 3 aromatic rings. The summed E-state index contributed by atoms with van der Waals surface area (Å²) in [6.45, 7) is 5.65. The molecular weight excluding hydrogens is 399 g/mol. The lowest BCUT2D eigenvalue weighted by atomic mass is 10.2. The highest BCUT2D eigenvalue weighted by molar-refractivity contribution is 8.00. The standard InChI is InChI=1S/C21H20F3N3OS/c1-13-7-9-17(10-8-13)27-15(3)20(14(2)26-27)25-19(28)12-29-18-6-4-5-16(11-18)21(22,23)24/h4-11H,12H2,1-3H3,(H,25,28). The SMILES string of the molecule is Cc1ccc(-n2nc(C)c(NC(=O)CSc3cccc(C(F)(F)F)c3)c2C)cc1. The summed E-state index contributed by atoms with van der Waals surface area (Å²) in [5.74, 6) is -0.308. The van der Waals surface area contributed by atoms with Gasteiger partial charge in [-0.05, 0) is 51.1 Å². The number of nitrogens with one attached hydrogen (secondary N) is 1. The minimum atomic E-state index is -4.41. The highest BCUT2D eigenvalue weighted by atomic mass is 32.2. The summed E-state index contributed by atoms with van der Waals surface area (Å²) in [6.07, 6.45) is -4.41. The second kappa shape index (κ2) is 8.32. The number of thioether (sulfide) groups is 1. The first-order chi connectivity index (χ1) is 13.6. The van der Waals surface area contributed by atoms with Crippen molar-refractivity contribution in [3.63, 3.8) is 0 Å². The van der Waals surface area contributed by atoms with Gasteiger partial charge in [0.2, 0.25) is 5.91 Å². The van der Waals surface area contributed by atoms with Gasteiger partial charge in [0.25, 0.3) is 0 Å². The summed E-state index contributed by atoms with van der Waals surface area (Å²) in [5, 5.41) is 7.32. The molecule has 152 valence electrons. The van der Waals surface area contributed by atoms with Crippen LogP contribution in [0.5, 0.6) is 0 Å². The Morgan fingerprint density at radius 2 is 1.79 bits per heavy atom. The summed E-state index contributed by atoms with van der Waals surface area (Å²) in [6, 6.07) is 12.8. The molecule has 1 aromatic heterocycles. The first-order valence-corrected chi connectivity index (χ1v) is 9.87. The molecule has 0 bridgehead atoms. The molecule has 0 aliphatic carbocycles. The number of halogens is 3. The van der Waals surface area contributed by atoms with Crippen LogP contribution in [0.2, 0.25) is 0 Å². The average Bonchev–Trinajstić information content (AvgIpc) is 2.95. The average molecular weight is 419 g/mol. The number of rotatable bonds is 5. The van der Waals surface area contributed by atoms with E-state index in [2.05, 4.69) is 10.4 Å². The van der Waals surface area contributed by atoms with Gasteiger partial charge in [-0.25, -0.2) is 4.68 Å². The molecule has 0 atom stereocenters. The van der Waals surface area contributed by atoms with Crippen molar-refractivity contribution in [2.45, 2.75) is 31.8 Å². The number of aryl methyl sites for hydroxylation is 2. The molecule has 0 aliphatic heterocycles. The van der Waals surface area contributed by atoms with Crippen molar-refractivity contribution in [1.82, 2.24) is 9.78 Å². The number of carbonyl (C=O) groups excluding carboxylic acids is 1. The largest absolute Gasteiger partial charge is 0.416 e. The Balaban J connectivity index is 1.69. The van der Waals surface area contributed by atoms with Crippen LogP contribution in [0.15, 0.2) is 53.4 Å². The van der Waals surface area contributed by atoms with Gasteiger partial charge in [0.05, 0.1) is 34.1 Å². The zero-order chi connectivity index (χ0) is 21.2. The lowest BCUT2D eigenvalue weighted by molar-refractivity contribution is -0.137. The van der Waals surface area contributed by atoms with Crippen LogP contribution in [0.1, 0.15) is 22.5 Å². The Hall–Kier alpha value is -2.74. The maximum atomic E-state index is 12.8. The third-order valence-corrected chi connectivity index (χ3v) is 5.36. The van der Waals surface area contributed by atoms with Crippen molar-refractivity contribution in [1.29, 1.82) is 0 Å². The van der Waals surface area contributed by atoms with Crippen LogP contribution < -0.4 is 5.32 Å². The smallest absolute Gasteiger partial charge is 0.322 e. The third kappa shape index (κ3) is 5.00. The number of aromatic nitrogens is 2. The number of hydrogen-bond donors (Lipinski definition) is 1. The van der Waals surface area contributed by atoms with Gasteiger partial charge in [-0.3, -0.25) is 4.79 Å². The summed E-state index contributed by atoms with van der Waals surface area (Å²) in [7, 11) is 0. The topological polar surface area (TPSA) is 46.9 Å². The number of hydrogen-bond acceptors (Lipinski definition) is 3. The predicted molar refractivity (Wildman–Crippen MR) is 109 cm³/mol. The summed E-state index contributed by atoms with van der Waals surface area (Å²) in [5.41, 5.74) is 3.35. The quantitative estimate of drug-likeness (QED) is 0.552. The van der Waals surface area contributed by atoms with Gasteiger partial charge in [-0.2, -0.15) is 18.3 Å². The van der Waals surface area contributed by atoms with Crippen LogP contribution in [-0.4, -0.2) is 21.4 Å². The highest BCUT2D eigenvalue weighted by Crippen LogP contribution is 2.32. The Morgan fingerprint density at radius 3 is 2.45 bits per heavy atom. The Kier molecular flexibility index (Phi) is 6.02. The number of alkyl halides is 3. The molecule has 0 spiro atoms. The van der Waals surface area contributed by atoms with Crippen molar-refractivity contribution in [3.8, 4) is 5.69 Å². The molecule has 4 nitrogen and oxygen atoms in total. The van der Waals surface area contributed by atoms with E-state index in [4.69, 9.17) is 0 Å². The fourth-order valence-electron chi connectivity index (χ4n) is 2.85. The van der Waals surface area contributed by atoms with Crippen molar-refractivity contribution in [2.75, 3.05) is 11.1 Å². The van der Waals surface area contributed by atoms with Gasteiger partial charge < -0.3 is 5.32 Å². The van der Waals surface area contributed by atoms with Crippen molar-refractivity contribution in [2.24, 2.45) is 0 Å². The van der Waals surface area contributed by atoms with Crippen molar-refractivity contribution < 1.29 is 18.0 Å². The van der Waals surface area contributed by atoms with E-state index in [1.54, 1.807) is 17.7 Å². The van der Waals surface area contributed by atoms with Crippen LogP contribution >= 0.6 is 11.8 Å². The number of nitrogens with zero attached hydrogens (tertiary/aromatic N) is 2. The van der Waals surface area contributed by atoms with Gasteiger partial charge >= 0.3 is 6.18 Å². The van der Waals surface area contributed by atoms with E-state index in [1.165, 1.54) is 6.07 Å². The maximum absolute atomic E-state index is 12.8. The highest BCUT2D eigenvalue weighted by Gasteiger charge is 2.30. The van der Waals surface area contributed by atoms with Crippen LogP contribution in [0, 0.1) is 20.8 Å². The molecule has 0 fully saturated rings. The molecule has 0 unspecified atom stereocenters. The van der Waals surface area contributed by atoms with E-state index in [0.29, 0.717) is 16.3 Å². The second-order valence-electron chi connectivity index (χ2n) is 6.66. The number of benzene rings is 2. The molecular formula is C21H20F3N3OS. The molecule has 3 rings (SSSR count). The molecule has 8 heteroatoms. The first-order valence-electron chi connectivity index (χ1n) is 8.88. The minimum Gasteiger partial charge on any atom is -0.322 e. The van der Waals surface area contributed by atoms with E-state index >= 15 is 0 Å². The Bertz CT molecular complexity index is 1030. The Morgan fingerprint density at radius 1 is 1.10 bits per heavy atom. The molecule has 29 heavy (non-hydrogen) atoms. The molecule has 1 heterocycles. The van der Waals surface area contributed by atoms with E-state index in [1.807, 2.05) is 38.1 Å². The van der Waals surface area contributed by atoms with E-state index < -0.39 is 11.7 Å². The summed E-state index contributed by atoms with van der Waals surface area (Å²) < 4.78 is 40.2. The normalized spacial score (nSPS) is 11.5. The lowest BCUT2D eigenvalue weighted by Gasteiger charge is -2.09. The monoisotopic (exact) mass is 419 g/mol. The van der Waals surface area contributed by atoms with Crippen LogP contribution in [0.3, 0.4) is 0 Å². The van der Waals surface area contributed by atoms with Crippen molar-refractivity contribution in [3.05, 3.63) is 71.0 Å². The van der Waals surface area contributed by atoms with Crippen LogP contribution in [-0.2, 0) is 11.0 Å². The molecule has 2 aromatic carbocycles. The molecule has 1 N–H and O–H groups in total. The third-order valence-electron chi connectivity index (χ3n) is 4.37. The van der Waals surface area contributed by atoms with E-state index in [9.17, 15) is 18.0 Å². The fraction of sp³-hybridized carbons (Fsp3) is 0.238. The second-order valence-corrected chi connectivity index (χ2v) is 7.70. The number of carbonyl (C=O) groups is 1. The van der Waals surface area contributed by atoms with Gasteiger partial charge in [-0.15, -0.1) is 11.8 Å². The van der Waals surface area contributed by atoms with Gasteiger partial charge in [-0.1, -0.05) is 23.8 Å². The van der Waals surface area contributed by atoms with Crippen molar-refractivity contribution >= 4 is 23.4 Å². The zero-order valence-electron chi connectivity index (χ0n) is 16.2. The fourth-order valence-corrected chi connectivity index (χ4v) is 3.60. The lowest BCUT2D eigenvalue weighted by Crippen LogP contribution is -2.15. The van der Waals surface area contributed by atoms with Crippen LogP contribution in [0.4, 0.5) is 18.9 Å². The van der Waals surface area contributed by atoms with E-state index in [-0.39, 0.29) is 11.7 Å². The van der Waals surface area contributed by atoms with Crippen LogP contribution in [0.25, 0.3) is 5.69 Å². The predicted octanol–water partition coefficient (Wildman–Crippen LogP) is 5.55. The Labute approximate surface area is 171 Å². The maximum Gasteiger partial charge on any atom is 0.416 e. The zero-order valence-corrected chi connectivity index (χ0v) is 17.0. The molecule has 0 saturated carbocycles. The van der Waals surface area contributed by atoms with Gasteiger partial charge in [0.1, 0.15) is 0 Å². The molecule has 0 aliphatic rings. The van der Waals surface area contributed by atoms with Gasteiger partial charge in [0.15, 0.2) is 0 Å². The molecule has 0 radical (unpaired) electrons. The number of amides is 1. The number of anilines is 1.